The highest BCUT2D eigenvalue weighted by molar-refractivity contribution is 5.98. The summed E-state index contributed by atoms with van der Waals surface area (Å²) < 4.78 is 10.7. The van der Waals surface area contributed by atoms with Crippen LogP contribution in [-0.2, 0) is 22.6 Å². The van der Waals surface area contributed by atoms with E-state index in [4.69, 9.17) is 9.47 Å². The first-order valence-corrected chi connectivity index (χ1v) is 15.3. The molecule has 0 bridgehead atoms. The fraction of sp³-hybridized carbons (Fsp3) is 0.382. The number of amides is 3. The van der Waals surface area contributed by atoms with Gasteiger partial charge in [-0.2, -0.15) is 0 Å². The lowest BCUT2D eigenvalue weighted by Gasteiger charge is -2.27. The molecule has 10 nitrogen and oxygen atoms in total. The van der Waals surface area contributed by atoms with E-state index in [-0.39, 0.29) is 18.4 Å². The number of carbonyl (C=O) groups excluding carboxylic acids is 3. The minimum Gasteiger partial charge on any atom is -0.497 e. The summed E-state index contributed by atoms with van der Waals surface area (Å²) in [7, 11) is 1.62. The Morgan fingerprint density at radius 2 is 1.59 bits per heavy atom. The average Bonchev–Trinajstić information content (AvgIpc) is 3.48. The third kappa shape index (κ3) is 8.29. The van der Waals surface area contributed by atoms with E-state index in [9.17, 15) is 14.4 Å². The molecule has 0 radical (unpaired) electrons. The Morgan fingerprint density at radius 3 is 2.39 bits per heavy atom. The van der Waals surface area contributed by atoms with Gasteiger partial charge in [0.05, 0.1) is 24.9 Å². The summed E-state index contributed by atoms with van der Waals surface area (Å²) in [4.78, 5) is 45.5. The molecule has 2 heterocycles. The normalized spacial score (nSPS) is 15.6. The van der Waals surface area contributed by atoms with Gasteiger partial charge in [-0.15, -0.1) is 0 Å². The molecular weight excluding hydrogens is 558 g/mol. The zero-order chi connectivity index (χ0) is 30.7. The van der Waals surface area contributed by atoms with Crippen LogP contribution < -0.4 is 20.3 Å². The number of nitrogens with one attached hydrogen (secondary N) is 2. The Kier molecular flexibility index (Phi) is 10.7. The number of hydrogen-bond donors (Lipinski definition) is 2. The summed E-state index contributed by atoms with van der Waals surface area (Å²) in [6, 6.07) is 22.5. The molecule has 0 spiro atoms. The average molecular weight is 600 g/mol. The topological polar surface area (TPSA) is 103 Å². The van der Waals surface area contributed by atoms with Crippen LogP contribution >= 0.6 is 0 Å². The Balaban J connectivity index is 1.30. The van der Waals surface area contributed by atoms with Crippen molar-refractivity contribution in [1.29, 1.82) is 0 Å². The van der Waals surface area contributed by atoms with Crippen molar-refractivity contribution in [2.24, 2.45) is 0 Å². The molecule has 0 aromatic heterocycles. The molecule has 0 aliphatic carbocycles. The maximum atomic E-state index is 13.4. The van der Waals surface area contributed by atoms with Crippen LogP contribution in [0.2, 0.25) is 0 Å². The van der Waals surface area contributed by atoms with E-state index in [1.54, 1.807) is 13.2 Å². The minimum atomic E-state index is -0.593. The smallest absolute Gasteiger partial charge is 0.412 e. The fourth-order valence-electron chi connectivity index (χ4n) is 5.58. The number of ether oxygens (including phenoxy) is 2. The Bertz CT molecular complexity index is 1410. The predicted octanol–water partition coefficient (Wildman–Crippen LogP) is 4.16. The molecule has 3 aromatic carbocycles. The van der Waals surface area contributed by atoms with E-state index in [0.717, 1.165) is 48.5 Å². The number of anilines is 2. The third-order valence-electron chi connectivity index (χ3n) is 8.02. The van der Waals surface area contributed by atoms with Crippen molar-refractivity contribution in [1.82, 2.24) is 15.1 Å². The highest BCUT2D eigenvalue weighted by Gasteiger charge is 2.24. The fourth-order valence-corrected chi connectivity index (χ4v) is 5.58. The molecule has 5 rings (SSSR count). The number of benzene rings is 3. The molecule has 3 aromatic rings. The van der Waals surface area contributed by atoms with Crippen molar-refractivity contribution in [2.45, 2.75) is 25.9 Å². The zero-order valence-corrected chi connectivity index (χ0v) is 25.3. The molecular formula is C34H41N5O5. The molecule has 3 amide bonds. The van der Waals surface area contributed by atoms with Gasteiger partial charge in [0, 0.05) is 51.4 Å². The number of methoxy groups -OCH3 is 1. The van der Waals surface area contributed by atoms with Gasteiger partial charge in [0.2, 0.25) is 5.91 Å². The van der Waals surface area contributed by atoms with Gasteiger partial charge < -0.3 is 29.5 Å². The first-order chi connectivity index (χ1) is 21.5. The lowest BCUT2D eigenvalue weighted by atomic mass is 10.1. The van der Waals surface area contributed by atoms with E-state index < -0.39 is 6.09 Å². The minimum absolute atomic E-state index is 0.0628. The van der Waals surface area contributed by atoms with Crippen LogP contribution in [0.1, 0.15) is 34.3 Å². The molecule has 44 heavy (non-hydrogen) atoms. The monoisotopic (exact) mass is 599 g/mol. The second kappa shape index (κ2) is 15.2. The van der Waals surface area contributed by atoms with Crippen molar-refractivity contribution < 1.29 is 23.9 Å². The number of carbonyl (C=O) groups is 3. The molecule has 0 saturated carbocycles. The number of hydrogen-bond acceptors (Lipinski definition) is 7. The summed E-state index contributed by atoms with van der Waals surface area (Å²) in [5.41, 5.74) is 3.64. The van der Waals surface area contributed by atoms with Crippen LogP contribution in [0.5, 0.6) is 5.75 Å². The molecule has 2 fully saturated rings. The van der Waals surface area contributed by atoms with Gasteiger partial charge in [0.25, 0.3) is 5.91 Å². The molecule has 2 aliphatic rings. The highest BCUT2D eigenvalue weighted by Crippen LogP contribution is 2.30. The maximum Gasteiger partial charge on any atom is 0.412 e. The second-order valence-electron chi connectivity index (χ2n) is 11.1. The van der Waals surface area contributed by atoms with Crippen LogP contribution in [0, 0.1) is 0 Å². The van der Waals surface area contributed by atoms with Gasteiger partial charge in [-0.05, 0) is 60.8 Å². The van der Waals surface area contributed by atoms with E-state index in [1.165, 1.54) is 0 Å². The highest BCUT2D eigenvalue weighted by atomic mass is 16.5. The second-order valence-corrected chi connectivity index (χ2v) is 11.1. The predicted molar refractivity (Wildman–Crippen MR) is 170 cm³/mol. The van der Waals surface area contributed by atoms with Crippen LogP contribution in [0.3, 0.4) is 0 Å². The quantitative estimate of drug-likeness (QED) is 0.401. The van der Waals surface area contributed by atoms with Crippen LogP contribution in [0.4, 0.5) is 16.2 Å². The maximum absolute atomic E-state index is 13.4. The molecule has 10 heteroatoms. The summed E-state index contributed by atoms with van der Waals surface area (Å²) in [5.74, 6) is 0.774. The van der Waals surface area contributed by atoms with E-state index in [2.05, 4.69) is 15.5 Å². The van der Waals surface area contributed by atoms with Gasteiger partial charge in [-0.1, -0.05) is 42.5 Å². The lowest BCUT2D eigenvalue weighted by Crippen LogP contribution is -2.36. The summed E-state index contributed by atoms with van der Waals surface area (Å²) >= 11 is 0. The molecule has 2 aliphatic heterocycles. The standard InChI is InChI=1S/C34H41N5O5/c1-43-29-12-9-26(10-13-29)23-32(40)38-19-6-18-37(21-22-38)31-14-11-28(33(41)39-17-5-15-35-16-20-39)24-30(31)36-34(42)44-25-27-7-3-2-4-8-27/h2-4,7-14,24,35H,5-6,15-23,25H2,1H3,(H,36,42). The Labute approximate surface area is 258 Å². The van der Waals surface area contributed by atoms with Gasteiger partial charge in [0.1, 0.15) is 12.4 Å². The number of nitrogens with zero attached hydrogens (tertiary/aromatic N) is 3. The van der Waals surface area contributed by atoms with Crippen LogP contribution in [0.15, 0.2) is 72.8 Å². The summed E-state index contributed by atoms with van der Waals surface area (Å²) in [6.07, 6.45) is 1.40. The van der Waals surface area contributed by atoms with Crippen LogP contribution in [0.25, 0.3) is 0 Å². The Hall–Kier alpha value is -4.57. The molecule has 0 unspecified atom stereocenters. The van der Waals surface area contributed by atoms with Crippen molar-refractivity contribution >= 4 is 29.3 Å². The van der Waals surface area contributed by atoms with Gasteiger partial charge in [-0.3, -0.25) is 14.9 Å². The van der Waals surface area contributed by atoms with Crippen molar-refractivity contribution in [3.63, 3.8) is 0 Å². The third-order valence-corrected chi connectivity index (χ3v) is 8.02. The SMILES string of the molecule is COc1ccc(CC(=O)N2CCCN(c3ccc(C(=O)N4CCCNCC4)cc3NC(=O)OCc3ccccc3)CC2)cc1. The van der Waals surface area contributed by atoms with E-state index in [1.807, 2.05) is 76.5 Å². The number of rotatable bonds is 8. The summed E-state index contributed by atoms with van der Waals surface area (Å²) in [6.45, 7) is 5.58. The Morgan fingerprint density at radius 1 is 0.795 bits per heavy atom. The zero-order valence-electron chi connectivity index (χ0n) is 25.3. The first kappa shape index (κ1) is 30.9. The van der Waals surface area contributed by atoms with Crippen LogP contribution in [-0.4, -0.2) is 87.2 Å². The van der Waals surface area contributed by atoms with Crippen molar-refractivity contribution in [3.8, 4) is 5.75 Å². The molecule has 232 valence electrons. The summed E-state index contributed by atoms with van der Waals surface area (Å²) in [5, 5.41) is 6.24. The van der Waals surface area contributed by atoms with E-state index in [0.29, 0.717) is 56.9 Å². The van der Waals surface area contributed by atoms with Gasteiger partial charge >= 0.3 is 6.09 Å². The van der Waals surface area contributed by atoms with Gasteiger partial charge in [-0.25, -0.2) is 4.79 Å². The molecule has 2 saturated heterocycles. The first-order valence-electron chi connectivity index (χ1n) is 15.3. The van der Waals surface area contributed by atoms with Crippen molar-refractivity contribution in [3.05, 3.63) is 89.5 Å². The molecule has 0 atom stereocenters. The van der Waals surface area contributed by atoms with E-state index >= 15 is 0 Å². The molecule has 2 N–H and O–H groups in total. The largest absolute Gasteiger partial charge is 0.497 e. The van der Waals surface area contributed by atoms with Gasteiger partial charge in [0.15, 0.2) is 0 Å². The van der Waals surface area contributed by atoms with Crippen molar-refractivity contribution in [2.75, 3.05) is 69.7 Å². The lowest BCUT2D eigenvalue weighted by molar-refractivity contribution is -0.130.